The van der Waals surface area contributed by atoms with E-state index < -0.39 is 6.10 Å². The standard InChI is InChI=1S/C64H124O6/c1-58(2)50-44-38-32-26-20-15-11-7-9-13-17-23-29-35-41-47-53-62(65)68-56-61(57-69-63(66)54-48-42-36-30-25-19-22-28-34-40-46-52-60(5)6)70-64(67)55-49-43-37-31-24-18-14-10-8-12-16-21-27-33-39-45-51-59(3)4/h58-61H,7-57H2,1-6H3/t61-/m1/s1. The molecule has 0 fully saturated rings. The molecule has 0 aliphatic heterocycles. The summed E-state index contributed by atoms with van der Waals surface area (Å²) in [6.45, 7) is 13.8. The summed E-state index contributed by atoms with van der Waals surface area (Å²) in [5.74, 6) is 1.69. The second kappa shape index (κ2) is 55.2. The predicted molar refractivity (Wildman–Crippen MR) is 303 cm³/mol. The van der Waals surface area contributed by atoms with Crippen molar-refractivity contribution in [1.82, 2.24) is 0 Å². The molecule has 0 rings (SSSR count). The molecule has 6 heteroatoms. The Hall–Kier alpha value is -1.59. The van der Waals surface area contributed by atoms with Gasteiger partial charge in [0.1, 0.15) is 13.2 Å². The molecule has 0 aromatic rings. The molecule has 0 saturated carbocycles. The molecule has 0 heterocycles. The van der Waals surface area contributed by atoms with Gasteiger partial charge < -0.3 is 14.2 Å². The molecule has 0 saturated heterocycles. The third-order valence-electron chi connectivity index (χ3n) is 14.6. The van der Waals surface area contributed by atoms with Crippen molar-refractivity contribution in [3.8, 4) is 0 Å². The molecule has 1 atom stereocenters. The maximum absolute atomic E-state index is 12.9. The smallest absolute Gasteiger partial charge is 0.306 e. The average Bonchev–Trinajstić information content (AvgIpc) is 3.32. The molecule has 70 heavy (non-hydrogen) atoms. The van der Waals surface area contributed by atoms with Gasteiger partial charge >= 0.3 is 17.9 Å². The van der Waals surface area contributed by atoms with Crippen LogP contribution in [0, 0.1) is 17.8 Å². The molecule has 0 radical (unpaired) electrons. The number of hydrogen-bond donors (Lipinski definition) is 0. The zero-order chi connectivity index (χ0) is 51.2. The van der Waals surface area contributed by atoms with Gasteiger partial charge in [0.05, 0.1) is 0 Å². The first-order chi connectivity index (χ1) is 34.1. The Morgan fingerprint density at radius 2 is 0.414 bits per heavy atom. The van der Waals surface area contributed by atoms with Gasteiger partial charge in [-0.15, -0.1) is 0 Å². The zero-order valence-electron chi connectivity index (χ0n) is 48.3. The highest BCUT2D eigenvalue weighted by atomic mass is 16.6. The highest BCUT2D eigenvalue weighted by Crippen LogP contribution is 2.19. The summed E-state index contributed by atoms with van der Waals surface area (Å²) in [5, 5.41) is 0. The van der Waals surface area contributed by atoms with Gasteiger partial charge in [-0.2, -0.15) is 0 Å². The number of esters is 3. The van der Waals surface area contributed by atoms with Crippen LogP contribution in [0.15, 0.2) is 0 Å². The lowest BCUT2D eigenvalue weighted by Gasteiger charge is -2.18. The molecule has 416 valence electrons. The molecule has 0 aliphatic rings. The van der Waals surface area contributed by atoms with Crippen molar-refractivity contribution in [2.24, 2.45) is 17.8 Å². The van der Waals surface area contributed by atoms with Crippen LogP contribution in [0.4, 0.5) is 0 Å². The maximum Gasteiger partial charge on any atom is 0.306 e. The number of rotatable bonds is 57. The van der Waals surface area contributed by atoms with Crippen LogP contribution in [-0.4, -0.2) is 37.2 Å². The van der Waals surface area contributed by atoms with Gasteiger partial charge in [0.2, 0.25) is 0 Å². The normalized spacial score (nSPS) is 12.1. The minimum absolute atomic E-state index is 0.0627. The number of ether oxygens (including phenoxy) is 3. The third-order valence-corrected chi connectivity index (χ3v) is 14.6. The SMILES string of the molecule is CC(C)CCCCCCCCCCCCCCCCCCC(=O)OC[C@H](COC(=O)CCCCCCCCCCCCCC(C)C)OC(=O)CCCCCCCCCCCCCCCCCCC(C)C. The van der Waals surface area contributed by atoms with Crippen molar-refractivity contribution in [2.45, 2.75) is 362 Å². The average molecular weight is 990 g/mol. The number of unbranched alkanes of at least 4 members (excludes halogenated alkanes) is 40. The fourth-order valence-corrected chi connectivity index (χ4v) is 9.88. The van der Waals surface area contributed by atoms with Gasteiger partial charge in [0.15, 0.2) is 6.10 Å². The lowest BCUT2D eigenvalue weighted by atomic mass is 10.0. The zero-order valence-corrected chi connectivity index (χ0v) is 48.3. The van der Waals surface area contributed by atoms with E-state index in [4.69, 9.17) is 14.2 Å². The fraction of sp³-hybridized carbons (Fsp3) is 0.953. The summed E-state index contributed by atoms with van der Waals surface area (Å²) in [6.07, 6.45) is 59.6. The second-order valence-corrected chi connectivity index (χ2v) is 23.5. The molecule has 0 N–H and O–H groups in total. The van der Waals surface area contributed by atoms with E-state index in [9.17, 15) is 14.4 Å². The van der Waals surface area contributed by atoms with Crippen molar-refractivity contribution in [3.05, 3.63) is 0 Å². The monoisotopic (exact) mass is 989 g/mol. The molecule has 0 unspecified atom stereocenters. The Balaban J connectivity index is 4.28. The number of hydrogen-bond acceptors (Lipinski definition) is 6. The van der Waals surface area contributed by atoms with Crippen LogP contribution in [0.25, 0.3) is 0 Å². The van der Waals surface area contributed by atoms with E-state index in [1.54, 1.807) is 0 Å². The van der Waals surface area contributed by atoms with Gasteiger partial charge in [-0.1, -0.05) is 318 Å². The second-order valence-electron chi connectivity index (χ2n) is 23.5. The summed E-state index contributed by atoms with van der Waals surface area (Å²) in [7, 11) is 0. The summed E-state index contributed by atoms with van der Waals surface area (Å²) in [6, 6.07) is 0. The highest BCUT2D eigenvalue weighted by Gasteiger charge is 2.19. The molecule has 0 spiro atoms. The van der Waals surface area contributed by atoms with Crippen molar-refractivity contribution in [1.29, 1.82) is 0 Å². The van der Waals surface area contributed by atoms with Crippen LogP contribution in [0.3, 0.4) is 0 Å². The van der Waals surface area contributed by atoms with E-state index in [-0.39, 0.29) is 31.1 Å². The lowest BCUT2D eigenvalue weighted by molar-refractivity contribution is -0.167. The molecular weight excluding hydrogens is 865 g/mol. The minimum atomic E-state index is -0.764. The van der Waals surface area contributed by atoms with Crippen molar-refractivity contribution in [2.75, 3.05) is 13.2 Å². The molecular formula is C64H124O6. The molecule has 0 aliphatic carbocycles. The first-order valence-corrected chi connectivity index (χ1v) is 31.6. The molecule has 0 aromatic heterocycles. The van der Waals surface area contributed by atoms with Crippen molar-refractivity contribution < 1.29 is 28.6 Å². The maximum atomic E-state index is 12.9. The Labute approximate surface area is 438 Å². The lowest BCUT2D eigenvalue weighted by Crippen LogP contribution is -2.30. The summed E-state index contributed by atoms with van der Waals surface area (Å²) >= 11 is 0. The predicted octanol–water partition coefficient (Wildman–Crippen LogP) is 21.1. The van der Waals surface area contributed by atoms with E-state index in [2.05, 4.69) is 41.5 Å². The van der Waals surface area contributed by atoms with Gasteiger partial charge in [0, 0.05) is 19.3 Å². The van der Waals surface area contributed by atoms with Gasteiger partial charge in [-0.3, -0.25) is 14.4 Å². The first-order valence-electron chi connectivity index (χ1n) is 31.6. The highest BCUT2D eigenvalue weighted by molar-refractivity contribution is 5.71. The molecule has 0 amide bonds. The first kappa shape index (κ1) is 68.4. The Bertz CT molecular complexity index is 1090. The molecule has 0 aromatic carbocycles. The van der Waals surface area contributed by atoms with E-state index in [1.807, 2.05) is 0 Å². The van der Waals surface area contributed by atoms with Crippen LogP contribution in [0.2, 0.25) is 0 Å². The van der Waals surface area contributed by atoms with E-state index in [0.29, 0.717) is 19.3 Å². The number of carbonyl (C=O) groups is 3. The van der Waals surface area contributed by atoms with Gasteiger partial charge in [-0.05, 0) is 37.0 Å². The van der Waals surface area contributed by atoms with Gasteiger partial charge in [-0.25, -0.2) is 0 Å². The third kappa shape index (κ3) is 57.3. The Morgan fingerprint density at radius 3 is 0.614 bits per heavy atom. The van der Waals surface area contributed by atoms with E-state index >= 15 is 0 Å². The van der Waals surface area contributed by atoms with Crippen molar-refractivity contribution in [3.63, 3.8) is 0 Å². The number of carbonyl (C=O) groups excluding carboxylic acids is 3. The summed E-state index contributed by atoms with van der Waals surface area (Å²) in [4.78, 5) is 38.3. The van der Waals surface area contributed by atoms with Crippen LogP contribution < -0.4 is 0 Å². The Kier molecular flexibility index (Phi) is 53.9. The van der Waals surface area contributed by atoms with Crippen LogP contribution in [-0.2, 0) is 28.6 Å². The van der Waals surface area contributed by atoms with Crippen LogP contribution in [0.1, 0.15) is 356 Å². The van der Waals surface area contributed by atoms with Gasteiger partial charge in [0.25, 0.3) is 0 Å². The van der Waals surface area contributed by atoms with E-state index in [1.165, 1.54) is 238 Å². The van der Waals surface area contributed by atoms with Crippen LogP contribution in [0.5, 0.6) is 0 Å². The molecule has 6 nitrogen and oxygen atoms in total. The van der Waals surface area contributed by atoms with Crippen molar-refractivity contribution >= 4 is 17.9 Å². The molecule has 0 bridgehead atoms. The quantitative estimate of drug-likeness (QED) is 0.0343. The summed E-state index contributed by atoms with van der Waals surface area (Å²) < 4.78 is 17.0. The summed E-state index contributed by atoms with van der Waals surface area (Å²) in [5.41, 5.74) is 0. The minimum Gasteiger partial charge on any atom is -0.462 e. The Morgan fingerprint density at radius 1 is 0.243 bits per heavy atom. The largest absolute Gasteiger partial charge is 0.462 e. The topological polar surface area (TPSA) is 78.9 Å². The fourth-order valence-electron chi connectivity index (χ4n) is 9.88. The van der Waals surface area contributed by atoms with E-state index in [0.717, 1.165) is 75.5 Å². The van der Waals surface area contributed by atoms with Crippen LogP contribution >= 0.6 is 0 Å².